The van der Waals surface area contributed by atoms with Crippen LogP contribution in [0, 0.1) is 0 Å². The predicted molar refractivity (Wildman–Crippen MR) is 119 cm³/mol. The van der Waals surface area contributed by atoms with E-state index < -0.39 is 10.0 Å². The summed E-state index contributed by atoms with van der Waals surface area (Å²) in [5.41, 5.74) is 2.79. The van der Waals surface area contributed by atoms with Crippen LogP contribution in [-0.2, 0) is 23.0 Å². The maximum absolute atomic E-state index is 13.2. The molecule has 6 nitrogen and oxygen atoms in total. The van der Waals surface area contributed by atoms with E-state index in [2.05, 4.69) is 11.8 Å². The summed E-state index contributed by atoms with van der Waals surface area (Å²) < 4.78 is 27.9. The van der Waals surface area contributed by atoms with E-state index in [-0.39, 0.29) is 6.54 Å². The largest absolute Gasteiger partial charge is 0.359 e. The Hall–Kier alpha value is -2.77. The van der Waals surface area contributed by atoms with Gasteiger partial charge in [0.05, 0.1) is 10.6 Å². The van der Waals surface area contributed by atoms with E-state index in [1.165, 1.54) is 0 Å². The Bertz CT molecular complexity index is 1120. The summed E-state index contributed by atoms with van der Waals surface area (Å²) >= 11 is 0. The van der Waals surface area contributed by atoms with E-state index in [0.29, 0.717) is 23.7 Å². The number of rotatable bonds is 6. The number of anilines is 1. The highest BCUT2D eigenvalue weighted by Gasteiger charge is 2.31. The fraction of sp³-hybridized carbons (Fsp3) is 0.304. The van der Waals surface area contributed by atoms with Crippen LogP contribution in [0.4, 0.5) is 5.82 Å². The first-order valence-corrected chi connectivity index (χ1v) is 11.7. The zero-order valence-electron chi connectivity index (χ0n) is 17.3. The molecule has 0 atom stereocenters. The van der Waals surface area contributed by atoms with E-state index in [9.17, 15) is 8.42 Å². The fourth-order valence-corrected chi connectivity index (χ4v) is 5.22. The second kappa shape index (κ2) is 8.53. The molecule has 1 aliphatic rings. The first-order valence-electron chi connectivity index (χ1n) is 10.2. The van der Waals surface area contributed by atoms with Gasteiger partial charge in [0, 0.05) is 44.2 Å². The molecule has 0 unspecified atom stereocenters. The van der Waals surface area contributed by atoms with Gasteiger partial charge in [-0.15, -0.1) is 0 Å². The van der Waals surface area contributed by atoms with Crippen LogP contribution in [0.2, 0.25) is 0 Å². The Balaban J connectivity index is 1.76. The summed E-state index contributed by atoms with van der Waals surface area (Å²) in [4.78, 5) is 12.1. The molecule has 0 radical (unpaired) electrons. The SMILES string of the molecule is CCCN(C)c1nc(-c2ccccc2)nc2c1CN(S(=O)(=O)c1ccccc1)CC2. The van der Waals surface area contributed by atoms with Crippen molar-refractivity contribution in [2.75, 3.05) is 25.0 Å². The molecule has 0 saturated heterocycles. The van der Waals surface area contributed by atoms with Crippen molar-refractivity contribution in [1.82, 2.24) is 14.3 Å². The number of nitrogens with zero attached hydrogens (tertiary/aromatic N) is 4. The average Bonchev–Trinajstić information content (AvgIpc) is 2.79. The van der Waals surface area contributed by atoms with Crippen LogP contribution in [0.5, 0.6) is 0 Å². The van der Waals surface area contributed by atoms with Gasteiger partial charge in [0.25, 0.3) is 0 Å². The zero-order valence-corrected chi connectivity index (χ0v) is 18.1. The van der Waals surface area contributed by atoms with Crippen molar-refractivity contribution < 1.29 is 8.42 Å². The molecule has 0 saturated carbocycles. The lowest BCUT2D eigenvalue weighted by Crippen LogP contribution is -2.38. The molecular formula is C23H26N4O2S. The Morgan fingerprint density at radius 1 is 1.00 bits per heavy atom. The number of benzene rings is 2. The van der Waals surface area contributed by atoms with Crippen LogP contribution in [-0.4, -0.2) is 42.8 Å². The third kappa shape index (κ3) is 3.95. The smallest absolute Gasteiger partial charge is 0.243 e. The van der Waals surface area contributed by atoms with Crippen LogP contribution in [0.3, 0.4) is 0 Å². The molecule has 0 aliphatic carbocycles. The maximum atomic E-state index is 13.2. The molecule has 1 aromatic heterocycles. The zero-order chi connectivity index (χ0) is 21.1. The van der Waals surface area contributed by atoms with E-state index in [1.54, 1.807) is 28.6 Å². The van der Waals surface area contributed by atoms with E-state index >= 15 is 0 Å². The van der Waals surface area contributed by atoms with E-state index in [1.807, 2.05) is 43.4 Å². The Morgan fingerprint density at radius 3 is 2.33 bits per heavy atom. The van der Waals surface area contributed by atoms with Gasteiger partial charge >= 0.3 is 0 Å². The van der Waals surface area contributed by atoms with Gasteiger partial charge in [-0.3, -0.25) is 0 Å². The molecule has 1 aliphatic heterocycles. The minimum absolute atomic E-state index is 0.283. The fourth-order valence-electron chi connectivity index (χ4n) is 3.79. The van der Waals surface area contributed by atoms with Gasteiger partial charge in [0.2, 0.25) is 10.0 Å². The Labute approximate surface area is 178 Å². The molecular weight excluding hydrogens is 396 g/mol. The number of fused-ring (bicyclic) bond motifs is 1. The Morgan fingerprint density at radius 2 is 1.67 bits per heavy atom. The van der Waals surface area contributed by atoms with Crippen molar-refractivity contribution in [3.8, 4) is 11.4 Å². The number of sulfonamides is 1. The molecule has 30 heavy (non-hydrogen) atoms. The van der Waals surface area contributed by atoms with Gasteiger partial charge < -0.3 is 4.90 Å². The quantitative estimate of drug-likeness (QED) is 0.605. The molecule has 2 aromatic carbocycles. The third-order valence-electron chi connectivity index (χ3n) is 5.34. The van der Waals surface area contributed by atoms with Crippen LogP contribution in [0.1, 0.15) is 24.6 Å². The van der Waals surface area contributed by atoms with Gasteiger partial charge in [-0.05, 0) is 18.6 Å². The van der Waals surface area contributed by atoms with Crippen molar-refractivity contribution in [3.63, 3.8) is 0 Å². The average molecular weight is 423 g/mol. The van der Waals surface area contributed by atoms with Gasteiger partial charge in [-0.2, -0.15) is 4.31 Å². The molecule has 3 aromatic rings. The topological polar surface area (TPSA) is 66.4 Å². The summed E-state index contributed by atoms with van der Waals surface area (Å²) in [5.74, 6) is 1.50. The normalized spacial score (nSPS) is 14.3. The highest BCUT2D eigenvalue weighted by atomic mass is 32.2. The minimum atomic E-state index is -3.56. The Kier molecular flexibility index (Phi) is 5.83. The maximum Gasteiger partial charge on any atom is 0.243 e. The predicted octanol–water partition coefficient (Wildman–Crippen LogP) is 3.74. The third-order valence-corrected chi connectivity index (χ3v) is 7.20. The molecule has 7 heteroatoms. The van der Waals surface area contributed by atoms with E-state index in [0.717, 1.165) is 35.6 Å². The van der Waals surface area contributed by atoms with Crippen LogP contribution in [0.15, 0.2) is 65.6 Å². The molecule has 2 heterocycles. The van der Waals surface area contributed by atoms with Gasteiger partial charge in [0.1, 0.15) is 5.82 Å². The molecule has 0 amide bonds. The summed E-state index contributed by atoms with van der Waals surface area (Å²) in [5, 5.41) is 0. The first-order chi connectivity index (χ1) is 14.5. The highest BCUT2D eigenvalue weighted by molar-refractivity contribution is 7.89. The van der Waals surface area contributed by atoms with Crippen LogP contribution < -0.4 is 4.90 Å². The van der Waals surface area contributed by atoms with Gasteiger partial charge in [-0.25, -0.2) is 18.4 Å². The van der Waals surface area contributed by atoms with Crippen molar-refractivity contribution in [2.24, 2.45) is 0 Å². The molecule has 156 valence electrons. The van der Waals surface area contributed by atoms with Crippen molar-refractivity contribution in [3.05, 3.63) is 71.9 Å². The standard InChI is InChI=1S/C23H26N4O2S/c1-3-15-26(2)23-20-17-27(30(28,29)19-12-8-5-9-13-19)16-14-21(20)24-22(25-23)18-10-6-4-7-11-18/h4-13H,3,14-17H2,1-2H3. The lowest BCUT2D eigenvalue weighted by Gasteiger charge is -2.31. The van der Waals surface area contributed by atoms with Gasteiger partial charge in [0.15, 0.2) is 5.82 Å². The monoisotopic (exact) mass is 422 g/mol. The van der Waals surface area contributed by atoms with Crippen molar-refractivity contribution in [2.45, 2.75) is 31.2 Å². The first kappa shape index (κ1) is 20.5. The lowest BCUT2D eigenvalue weighted by atomic mass is 10.1. The second-order valence-corrected chi connectivity index (χ2v) is 9.42. The molecule has 0 spiro atoms. The molecule has 0 N–H and O–H groups in total. The number of aromatic nitrogens is 2. The van der Waals surface area contributed by atoms with Gasteiger partial charge in [-0.1, -0.05) is 55.5 Å². The van der Waals surface area contributed by atoms with Crippen LogP contribution in [0.25, 0.3) is 11.4 Å². The number of hydrogen-bond acceptors (Lipinski definition) is 5. The summed E-state index contributed by atoms with van der Waals surface area (Å²) in [6, 6.07) is 18.5. The summed E-state index contributed by atoms with van der Waals surface area (Å²) in [6.45, 7) is 3.65. The lowest BCUT2D eigenvalue weighted by molar-refractivity contribution is 0.387. The number of hydrogen-bond donors (Lipinski definition) is 0. The second-order valence-electron chi connectivity index (χ2n) is 7.49. The van der Waals surface area contributed by atoms with E-state index in [4.69, 9.17) is 9.97 Å². The minimum Gasteiger partial charge on any atom is -0.359 e. The van der Waals surface area contributed by atoms with Crippen molar-refractivity contribution >= 4 is 15.8 Å². The molecule has 0 bridgehead atoms. The summed E-state index contributed by atoms with van der Waals surface area (Å²) in [6.07, 6.45) is 1.54. The van der Waals surface area contributed by atoms with Crippen LogP contribution >= 0.6 is 0 Å². The molecule has 4 rings (SSSR count). The molecule has 0 fully saturated rings. The highest BCUT2D eigenvalue weighted by Crippen LogP contribution is 2.31. The van der Waals surface area contributed by atoms with Crippen molar-refractivity contribution in [1.29, 1.82) is 0 Å². The summed E-state index contributed by atoms with van der Waals surface area (Å²) in [7, 11) is -1.56.